The Balaban J connectivity index is 0.000000197. The highest BCUT2D eigenvalue weighted by Gasteiger charge is 2.25. The summed E-state index contributed by atoms with van der Waals surface area (Å²) in [6.45, 7) is 20.0. The molecule has 1 fully saturated rings. The van der Waals surface area contributed by atoms with E-state index in [-0.39, 0.29) is 23.0 Å². The SMILES string of the molecule is C=CC(=O)OCCCCCCOc1ccc(C(=O)Oc2ccc(-c3ccc(CCC)cc3)cc2C=N)cc1.C=CC(=O)OCCCCCCOc1ccc(C(=O)Oc2ccc(C3CCC(CCC)CC3)cc2C=N)cc1.C=CC(=O)OCCCCCCOc1ccc(C(=O)Oc2ccc(OC(=O)c3ccc(OCCC)cc3)cc2C=N)cc1.Nc1nc2ccccc2s1.Nc1nc2ccccc2s1.Nc1nc2ccccc2s1. The number of nitrogen functional groups attached to an aromatic ring is 3. The fraction of sp³-hybridized carbons (Fsp3) is 0.280. The fourth-order valence-electron chi connectivity index (χ4n) is 15.3. The van der Waals surface area contributed by atoms with Gasteiger partial charge in [-0.15, -0.1) is 0 Å². The monoisotopic (exact) mass is 2060 g/mol. The molecule has 0 atom stereocenters. The summed E-state index contributed by atoms with van der Waals surface area (Å²) in [6.07, 6.45) is 28.2. The molecule has 3 aromatic heterocycles. The zero-order valence-corrected chi connectivity index (χ0v) is 86.3. The highest BCUT2D eigenvalue weighted by Crippen LogP contribution is 2.40. The van der Waals surface area contributed by atoms with Gasteiger partial charge < -0.3 is 85.5 Å². The van der Waals surface area contributed by atoms with Gasteiger partial charge in [0.15, 0.2) is 15.4 Å². The number of thiazole rings is 3. The van der Waals surface area contributed by atoms with Crippen LogP contribution in [0.5, 0.6) is 46.0 Å². The number of benzene rings is 11. The van der Waals surface area contributed by atoms with E-state index < -0.39 is 35.8 Å². The number of para-hydroxylation sites is 3. The number of carbonyl (C=O) groups excluding carboxylic acids is 7. The molecule has 0 unspecified atom stereocenters. The zero-order chi connectivity index (χ0) is 105. The van der Waals surface area contributed by atoms with Crippen LogP contribution in [0.3, 0.4) is 0 Å². The van der Waals surface area contributed by atoms with E-state index in [1.54, 1.807) is 103 Å². The lowest BCUT2D eigenvalue weighted by Gasteiger charge is -2.29. The minimum absolute atomic E-state index is 0.159. The number of hydrogen-bond donors (Lipinski definition) is 6. The number of hydrogen-bond acceptors (Lipinski definition) is 30. The molecule has 15 rings (SSSR count). The Kier molecular flexibility index (Phi) is 49.0. The first-order chi connectivity index (χ1) is 72.1. The number of nitrogens with two attached hydrogens (primary N) is 3. The van der Waals surface area contributed by atoms with E-state index in [0.717, 1.165) is 162 Å². The lowest BCUT2D eigenvalue weighted by Crippen LogP contribution is -2.14. The van der Waals surface area contributed by atoms with Crippen molar-refractivity contribution in [3.8, 4) is 57.1 Å². The molecule has 14 aromatic rings. The quantitative estimate of drug-likeness (QED) is 0.00515. The molecular formula is C118H129N9O18S3. The molecule has 11 aromatic carbocycles. The van der Waals surface area contributed by atoms with Crippen LogP contribution < -0.4 is 55.1 Å². The predicted molar refractivity (Wildman–Crippen MR) is 591 cm³/mol. The van der Waals surface area contributed by atoms with Crippen LogP contribution in [0.4, 0.5) is 15.4 Å². The molecule has 30 heteroatoms. The van der Waals surface area contributed by atoms with E-state index in [1.165, 1.54) is 120 Å². The van der Waals surface area contributed by atoms with E-state index in [0.29, 0.717) is 135 Å². The van der Waals surface area contributed by atoms with Gasteiger partial charge in [-0.1, -0.05) is 167 Å². The van der Waals surface area contributed by atoms with Gasteiger partial charge in [0.25, 0.3) is 0 Å². The van der Waals surface area contributed by atoms with Crippen LogP contribution in [0, 0.1) is 22.1 Å². The summed E-state index contributed by atoms with van der Waals surface area (Å²) in [5.41, 5.74) is 26.9. The number of anilines is 3. The second kappa shape index (κ2) is 63.5. The smallest absolute Gasteiger partial charge is 0.343 e. The number of ether oxygens (including phenoxy) is 11. The number of carbonyl (C=O) groups is 7. The minimum Gasteiger partial charge on any atom is -0.494 e. The third-order valence-corrected chi connectivity index (χ3v) is 25.7. The molecule has 0 spiro atoms. The second-order valence-electron chi connectivity index (χ2n) is 34.1. The highest BCUT2D eigenvalue weighted by atomic mass is 32.1. The summed E-state index contributed by atoms with van der Waals surface area (Å²) >= 11 is 4.56. The van der Waals surface area contributed by atoms with Crippen LogP contribution in [-0.2, 0) is 35.0 Å². The summed E-state index contributed by atoms with van der Waals surface area (Å²) in [4.78, 5) is 96.0. The van der Waals surface area contributed by atoms with Gasteiger partial charge in [0.05, 0.1) is 99.2 Å². The maximum atomic E-state index is 12.7. The molecule has 9 N–H and O–H groups in total. The van der Waals surface area contributed by atoms with Gasteiger partial charge in [-0.3, -0.25) is 0 Å². The van der Waals surface area contributed by atoms with E-state index >= 15 is 0 Å². The summed E-state index contributed by atoms with van der Waals surface area (Å²) in [5.74, 6) is 1.86. The first-order valence-electron chi connectivity index (χ1n) is 49.6. The van der Waals surface area contributed by atoms with Crippen molar-refractivity contribution in [1.29, 1.82) is 16.2 Å². The van der Waals surface area contributed by atoms with Crippen LogP contribution in [0.1, 0.15) is 224 Å². The van der Waals surface area contributed by atoms with E-state index in [4.69, 9.17) is 85.5 Å². The number of aromatic nitrogens is 3. The second-order valence-corrected chi connectivity index (χ2v) is 37.3. The molecule has 1 aliphatic carbocycles. The van der Waals surface area contributed by atoms with Crippen molar-refractivity contribution >= 4 is 140 Å². The lowest BCUT2D eigenvalue weighted by atomic mass is 9.77. The van der Waals surface area contributed by atoms with Crippen molar-refractivity contribution < 1.29 is 85.7 Å². The van der Waals surface area contributed by atoms with Crippen LogP contribution in [0.15, 0.2) is 287 Å². The number of aryl methyl sites for hydroxylation is 1. The van der Waals surface area contributed by atoms with Crippen molar-refractivity contribution in [2.24, 2.45) is 5.92 Å². The van der Waals surface area contributed by atoms with Crippen LogP contribution in [0.25, 0.3) is 41.8 Å². The molecule has 1 aliphatic rings. The first-order valence-corrected chi connectivity index (χ1v) is 52.1. The van der Waals surface area contributed by atoms with Crippen LogP contribution in [0.2, 0.25) is 0 Å². The number of nitrogens with zero attached hydrogens (tertiary/aromatic N) is 3. The molecule has 3 heterocycles. The molecule has 772 valence electrons. The molecule has 0 bridgehead atoms. The van der Waals surface area contributed by atoms with Gasteiger partial charge >= 0.3 is 41.8 Å². The Morgan fingerprint density at radius 3 is 1.01 bits per heavy atom. The van der Waals surface area contributed by atoms with Crippen LogP contribution >= 0.6 is 34.0 Å². The Morgan fingerprint density at radius 1 is 0.338 bits per heavy atom. The zero-order valence-electron chi connectivity index (χ0n) is 83.9. The van der Waals surface area contributed by atoms with Gasteiger partial charge in [-0.2, -0.15) is 0 Å². The lowest BCUT2D eigenvalue weighted by molar-refractivity contribution is -0.138. The minimum atomic E-state index is -0.600. The van der Waals surface area contributed by atoms with Crippen molar-refractivity contribution in [2.75, 3.05) is 63.4 Å². The summed E-state index contributed by atoms with van der Waals surface area (Å²) in [6, 6.07) is 74.9. The molecule has 148 heavy (non-hydrogen) atoms. The maximum absolute atomic E-state index is 12.7. The fourth-order valence-corrected chi connectivity index (χ4v) is 17.5. The summed E-state index contributed by atoms with van der Waals surface area (Å²) < 4.78 is 63.3. The molecular weight excluding hydrogens is 1930 g/mol. The van der Waals surface area contributed by atoms with E-state index in [9.17, 15) is 33.6 Å². The number of rotatable bonds is 47. The first kappa shape index (κ1) is 114. The third kappa shape index (κ3) is 39.3. The molecule has 1 saturated carbocycles. The molecule has 0 saturated heterocycles. The van der Waals surface area contributed by atoms with Gasteiger partial charge in [-0.25, -0.2) is 48.5 Å². The molecule has 0 radical (unpaired) electrons. The molecule has 0 aliphatic heterocycles. The van der Waals surface area contributed by atoms with Crippen LogP contribution in [-0.4, -0.2) is 122 Å². The summed E-state index contributed by atoms with van der Waals surface area (Å²) in [5, 5.41) is 25.3. The molecule has 0 amide bonds. The Morgan fingerprint density at radius 2 is 0.662 bits per heavy atom. The average molecular weight is 2060 g/mol. The topological polar surface area (TPSA) is 409 Å². The predicted octanol–water partition coefficient (Wildman–Crippen LogP) is 27.1. The third-order valence-electron chi connectivity index (χ3n) is 23.1. The average Bonchev–Trinajstić information content (AvgIpc) is 1.27. The normalized spacial score (nSPS) is 12.0. The van der Waals surface area contributed by atoms with Gasteiger partial charge in [-0.05, 0) is 326 Å². The Hall–Kier alpha value is -15.8. The standard InChI is InChI=1S/C33H35NO8.C32H41NO5.C32H35NO5.3C7H6N2S/c1-3-19-38-27-13-9-24(10-14-27)32(36)41-29-17-18-30(26(22-29)23-34)42-33(37)25-11-15-28(16-12-25)39-20-7-5-6-8-21-40-31(35)4-2;2*1-3-9-24-10-12-25(13-11-24)27-16-19-30(28(22-27)23-33)38-32(35)26-14-17-29(18-15-26)36-20-7-5-6-8-21-37-31(34)4-2;3*8-7-9-5-3-1-2-4-6(5)10-7/h4,9-18,22-23,34H,2-3,5-8,19-21H2,1H3;4,14-19,22-25,33H,2-3,5-13,20-21H2,1H3;4,10-19,22-23,33H,2-3,5-9,20-21H2,1H3;3*1-4H,(H2,8,9). The highest BCUT2D eigenvalue weighted by molar-refractivity contribution is 7.22. The number of fused-ring (bicyclic) bond motifs is 3. The van der Waals surface area contributed by atoms with Crippen molar-refractivity contribution in [3.05, 3.63) is 337 Å². The van der Waals surface area contributed by atoms with E-state index in [1.807, 2.05) is 110 Å². The number of unbranched alkanes of at least 4 members (excludes halogenated alkanes) is 9. The van der Waals surface area contributed by atoms with Gasteiger partial charge in [0.1, 0.15) is 46.0 Å². The van der Waals surface area contributed by atoms with Crippen molar-refractivity contribution in [2.45, 2.75) is 162 Å². The van der Waals surface area contributed by atoms with Crippen molar-refractivity contribution in [1.82, 2.24) is 15.0 Å². The largest absolute Gasteiger partial charge is 0.494 e. The van der Waals surface area contributed by atoms with Gasteiger partial charge in [0, 0.05) is 53.6 Å². The van der Waals surface area contributed by atoms with Crippen molar-refractivity contribution in [3.63, 3.8) is 0 Å². The maximum Gasteiger partial charge on any atom is 0.343 e. The Labute approximate surface area is 876 Å². The molecule has 27 nitrogen and oxygen atoms in total. The number of nitrogens with one attached hydrogen (secondary N) is 3. The summed E-state index contributed by atoms with van der Waals surface area (Å²) in [7, 11) is 0. The van der Waals surface area contributed by atoms with Gasteiger partial charge in [0.2, 0.25) is 0 Å². The van der Waals surface area contributed by atoms with E-state index in [2.05, 4.69) is 72.8 Å². The number of esters is 7. The Bertz CT molecular complexity index is 6350.